The van der Waals surface area contributed by atoms with Crippen LogP contribution < -0.4 is 5.48 Å². The lowest BCUT2D eigenvalue weighted by atomic mass is 10.0. The number of benzene rings is 2. The Bertz CT molecular complexity index is 699. The molecule has 2 aromatic rings. The van der Waals surface area contributed by atoms with E-state index in [1.165, 1.54) is 0 Å². The highest BCUT2D eigenvalue weighted by molar-refractivity contribution is 5.25. The van der Waals surface area contributed by atoms with Gasteiger partial charge < -0.3 is 0 Å². The third-order valence-electron chi connectivity index (χ3n) is 3.85. The number of hydrogen-bond donors (Lipinski definition) is 2. The lowest BCUT2D eigenvalue weighted by molar-refractivity contribution is 0.198. The minimum atomic E-state index is -1.16. The summed E-state index contributed by atoms with van der Waals surface area (Å²) >= 11 is 0. The topological polar surface area (TPSA) is 32.3 Å². The van der Waals surface area contributed by atoms with E-state index in [1.807, 2.05) is 29.7 Å². The number of hydroxylamine groups is 1. The van der Waals surface area contributed by atoms with Crippen LogP contribution in [0.4, 0.5) is 13.2 Å². The Labute approximate surface area is 139 Å². The molecular formula is C19H20F3NO. The molecule has 0 atom stereocenters. The van der Waals surface area contributed by atoms with E-state index in [9.17, 15) is 13.2 Å². The van der Waals surface area contributed by atoms with E-state index in [2.05, 4.69) is 6.58 Å². The Kier molecular flexibility index (Phi) is 6.44. The Morgan fingerprint density at radius 1 is 0.875 bits per heavy atom. The molecule has 0 unspecified atom stereocenters. The molecule has 0 bridgehead atoms. The van der Waals surface area contributed by atoms with Gasteiger partial charge in [-0.3, -0.25) is 10.7 Å². The van der Waals surface area contributed by atoms with Crippen molar-refractivity contribution in [2.24, 2.45) is 0 Å². The zero-order valence-corrected chi connectivity index (χ0v) is 13.3. The third kappa shape index (κ3) is 5.13. The van der Waals surface area contributed by atoms with E-state index in [0.29, 0.717) is 31.0 Å². The van der Waals surface area contributed by atoms with Crippen molar-refractivity contribution < 1.29 is 18.4 Å². The minimum absolute atomic E-state index is 0.208. The van der Waals surface area contributed by atoms with Crippen molar-refractivity contribution in [1.29, 1.82) is 0 Å². The van der Waals surface area contributed by atoms with E-state index in [-0.39, 0.29) is 5.56 Å². The van der Waals surface area contributed by atoms with Crippen molar-refractivity contribution in [2.75, 3.05) is 0 Å². The van der Waals surface area contributed by atoms with E-state index < -0.39 is 17.5 Å². The van der Waals surface area contributed by atoms with Gasteiger partial charge in [0, 0.05) is 18.2 Å². The quantitative estimate of drug-likeness (QED) is 0.416. The Morgan fingerprint density at radius 2 is 1.46 bits per heavy atom. The van der Waals surface area contributed by atoms with Crippen LogP contribution in [0.15, 0.2) is 48.7 Å². The number of hydrogen-bond acceptors (Lipinski definition) is 2. The van der Waals surface area contributed by atoms with Crippen molar-refractivity contribution >= 4 is 0 Å². The first-order chi connectivity index (χ1) is 11.5. The van der Waals surface area contributed by atoms with Gasteiger partial charge in [-0.1, -0.05) is 30.8 Å². The molecule has 2 nitrogen and oxygen atoms in total. The molecule has 0 aliphatic carbocycles. The number of aryl methyl sites for hydroxylation is 2. The Morgan fingerprint density at radius 3 is 2.12 bits per heavy atom. The largest absolute Gasteiger partial charge is 0.291 e. The summed E-state index contributed by atoms with van der Waals surface area (Å²) in [6.07, 6.45) is 3.26. The molecule has 0 saturated carbocycles. The molecule has 0 aliphatic rings. The van der Waals surface area contributed by atoms with Crippen LogP contribution in [-0.2, 0) is 19.3 Å². The molecule has 128 valence electrons. The maximum atomic E-state index is 13.5. The van der Waals surface area contributed by atoms with E-state index in [4.69, 9.17) is 5.21 Å². The van der Waals surface area contributed by atoms with Crippen molar-refractivity contribution in [3.63, 3.8) is 0 Å². The molecular weight excluding hydrogens is 315 g/mol. The fraction of sp³-hybridized carbons (Fsp3) is 0.263. The van der Waals surface area contributed by atoms with Crippen LogP contribution in [0, 0.1) is 17.5 Å². The number of nitrogens with one attached hydrogen (secondary N) is 1. The smallest absolute Gasteiger partial charge is 0.161 e. The normalized spacial score (nSPS) is 10.7. The highest BCUT2D eigenvalue weighted by Gasteiger charge is 2.09. The maximum absolute atomic E-state index is 13.5. The minimum Gasteiger partial charge on any atom is -0.291 e. The van der Waals surface area contributed by atoms with Gasteiger partial charge in [-0.2, -0.15) is 0 Å². The van der Waals surface area contributed by atoms with Crippen LogP contribution in [0.3, 0.4) is 0 Å². The summed E-state index contributed by atoms with van der Waals surface area (Å²) in [5.41, 5.74) is 4.94. The Hall–Kier alpha value is -2.27. The van der Waals surface area contributed by atoms with Crippen LogP contribution in [0.25, 0.3) is 0 Å². The highest BCUT2D eigenvalue weighted by atomic mass is 19.2. The van der Waals surface area contributed by atoms with E-state index in [1.54, 1.807) is 0 Å². The summed E-state index contributed by atoms with van der Waals surface area (Å²) in [4.78, 5) is 0. The number of rotatable bonds is 8. The molecule has 0 aliphatic heterocycles. The van der Waals surface area contributed by atoms with Crippen molar-refractivity contribution in [3.05, 3.63) is 82.8 Å². The lowest BCUT2D eigenvalue weighted by Gasteiger charge is -2.07. The van der Waals surface area contributed by atoms with Gasteiger partial charge in [0.25, 0.3) is 0 Å². The second kappa shape index (κ2) is 8.55. The molecule has 2 aromatic carbocycles. The number of allylic oxidation sites excluding steroid dienone is 1. The second-order valence-corrected chi connectivity index (χ2v) is 5.77. The summed E-state index contributed by atoms with van der Waals surface area (Å²) in [7, 11) is 0. The van der Waals surface area contributed by atoms with Gasteiger partial charge in [0.2, 0.25) is 0 Å². The molecule has 2 rings (SSSR count). The first-order valence-corrected chi connectivity index (χ1v) is 7.78. The zero-order valence-electron chi connectivity index (χ0n) is 13.3. The van der Waals surface area contributed by atoms with Crippen molar-refractivity contribution in [2.45, 2.75) is 32.1 Å². The average Bonchev–Trinajstić information content (AvgIpc) is 2.57. The van der Waals surface area contributed by atoms with Gasteiger partial charge >= 0.3 is 0 Å². The fourth-order valence-corrected chi connectivity index (χ4v) is 2.51. The summed E-state index contributed by atoms with van der Waals surface area (Å²) in [6.45, 7) is 3.66. The second-order valence-electron chi connectivity index (χ2n) is 5.77. The molecule has 24 heavy (non-hydrogen) atoms. The van der Waals surface area contributed by atoms with Crippen LogP contribution in [-0.4, -0.2) is 5.21 Å². The van der Waals surface area contributed by atoms with Crippen LogP contribution in [0.1, 0.15) is 29.5 Å². The maximum Gasteiger partial charge on any atom is 0.161 e. The predicted octanol–water partition coefficient (Wildman–Crippen LogP) is 4.70. The molecule has 0 amide bonds. The summed E-state index contributed by atoms with van der Waals surface area (Å²) in [5, 5.41) is 8.72. The summed E-state index contributed by atoms with van der Waals surface area (Å²) < 4.78 is 39.5. The van der Waals surface area contributed by atoms with Crippen LogP contribution in [0.5, 0.6) is 0 Å². The average molecular weight is 335 g/mol. The lowest BCUT2D eigenvalue weighted by Crippen LogP contribution is -2.07. The SMILES string of the molecule is C=C(Cc1ccc(CCCCc2cc(F)c(F)cc2F)cc1)NO. The third-order valence-corrected chi connectivity index (χ3v) is 3.85. The van der Waals surface area contributed by atoms with Gasteiger partial charge in [-0.15, -0.1) is 0 Å². The van der Waals surface area contributed by atoms with E-state index in [0.717, 1.165) is 30.0 Å². The van der Waals surface area contributed by atoms with Gasteiger partial charge in [0.15, 0.2) is 11.6 Å². The molecule has 2 N–H and O–H groups in total. The van der Waals surface area contributed by atoms with E-state index >= 15 is 0 Å². The van der Waals surface area contributed by atoms with Gasteiger partial charge in [0.05, 0.1) is 0 Å². The molecule has 0 spiro atoms. The molecule has 0 heterocycles. The molecule has 0 radical (unpaired) electrons. The zero-order chi connectivity index (χ0) is 17.5. The number of halogens is 3. The molecule has 5 heteroatoms. The predicted molar refractivity (Wildman–Crippen MR) is 87.2 cm³/mol. The first kappa shape index (κ1) is 18.1. The van der Waals surface area contributed by atoms with Crippen molar-refractivity contribution in [3.8, 4) is 0 Å². The first-order valence-electron chi connectivity index (χ1n) is 7.78. The standard InChI is InChI=1S/C19H20F3NO/c1-13(23-24)10-15-8-6-14(7-9-15)4-2-3-5-16-11-18(21)19(22)12-17(16)20/h6-9,11-12,23-24H,1-5,10H2. The highest BCUT2D eigenvalue weighted by Crippen LogP contribution is 2.17. The van der Waals surface area contributed by atoms with Crippen LogP contribution >= 0.6 is 0 Å². The van der Waals surface area contributed by atoms with Crippen molar-refractivity contribution in [1.82, 2.24) is 5.48 Å². The monoisotopic (exact) mass is 335 g/mol. The Balaban J connectivity index is 1.80. The fourth-order valence-electron chi connectivity index (χ4n) is 2.51. The number of unbranched alkanes of at least 4 members (excludes halogenated alkanes) is 1. The molecule has 0 saturated heterocycles. The molecule has 0 fully saturated rings. The van der Waals surface area contributed by atoms with Gasteiger partial charge in [0.1, 0.15) is 5.82 Å². The van der Waals surface area contributed by atoms with Gasteiger partial charge in [-0.25, -0.2) is 13.2 Å². The van der Waals surface area contributed by atoms with Crippen LogP contribution in [0.2, 0.25) is 0 Å². The molecule has 0 aromatic heterocycles. The summed E-state index contributed by atoms with van der Waals surface area (Å²) in [5.74, 6) is -2.87. The van der Waals surface area contributed by atoms with Gasteiger partial charge in [-0.05, 0) is 48.4 Å². The summed E-state index contributed by atoms with van der Waals surface area (Å²) in [6, 6.07) is 9.45.